The molecule has 1 saturated heterocycles. The number of nitrogens with zero attached hydrogens (tertiary/aromatic N) is 3. The summed E-state index contributed by atoms with van der Waals surface area (Å²) in [5.41, 5.74) is 1.91. The van der Waals surface area contributed by atoms with Crippen molar-refractivity contribution >= 4 is 33.4 Å². The molecule has 3 aromatic rings. The quantitative estimate of drug-likeness (QED) is 0.586. The molecule has 8 heteroatoms. The number of carbonyl (C=O) groups excluding carboxylic acids is 2. The molecule has 0 unspecified atom stereocenters. The van der Waals surface area contributed by atoms with E-state index in [1.54, 1.807) is 0 Å². The first-order chi connectivity index (χ1) is 17.0. The second kappa shape index (κ2) is 10.3. The summed E-state index contributed by atoms with van der Waals surface area (Å²) in [6.45, 7) is 3.77. The number of likely N-dealkylation sites (tertiary alicyclic amines) is 1. The van der Waals surface area contributed by atoms with Gasteiger partial charge in [0.1, 0.15) is 10.7 Å². The number of carbonyl (C=O) groups is 2. The van der Waals surface area contributed by atoms with Gasteiger partial charge in [-0.15, -0.1) is 11.3 Å². The van der Waals surface area contributed by atoms with E-state index in [2.05, 4.69) is 5.32 Å². The number of fused-ring (bicyclic) bond motifs is 2. The van der Waals surface area contributed by atoms with Crippen molar-refractivity contribution in [2.45, 2.75) is 70.9 Å². The van der Waals surface area contributed by atoms with Gasteiger partial charge in [0.15, 0.2) is 0 Å². The van der Waals surface area contributed by atoms with Crippen LogP contribution in [0.25, 0.3) is 10.2 Å². The maximum Gasteiger partial charge on any atom is 0.264 e. The zero-order valence-corrected chi connectivity index (χ0v) is 21.0. The fourth-order valence-electron chi connectivity index (χ4n) is 5.19. The number of aromatic nitrogens is 2. The molecule has 0 aliphatic carbocycles. The van der Waals surface area contributed by atoms with Crippen molar-refractivity contribution < 1.29 is 9.59 Å². The van der Waals surface area contributed by atoms with Crippen molar-refractivity contribution in [2.75, 3.05) is 13.1 Å². The number of piperidine rings is 1. The second-order valence-corrected chi connectivity index (χ2v) is 10.7. The predicted octanol–water partition coefficient (Wildman–Crippen LogP) is 3.85. The Balaban J connectivity index is 1.22. The third-order valence-corrected chi connectivity index (χ3v) is 8.41. The molecule has 0 saturated carbocycles. The van der Waals surface area contributed by atoms with Gasteiger partial charge in [0.25, 0.3) is 11.5 Å². The van der Waals surface area contributed by atoms with Gasteiger partial charge in [0.2, 0.25) is 5.91 Å². The SMILES string of the molecule is Cc1c(C(=O)N2CCC(NC(=O)CCc3ccccc3)CC2)sc2nc3n(c(=O)c12)CCCCC3. The van der Waals surface area contributed by atoms with E-state index in [1.165, 1.54) is 11.3 Å². The smallest absolute Gasteiger partial charge is 0.264 e. The van der Waals surface area contributed by atoms with Gasteiger partial charge in [-0.1, -0.05) is 36.8 Å². The lowest BCUT2D eigenvalue weighted by molar-refractivity contribution is -0.122. The second-order valence-electron chi connectivity index (χ2n) is 9.65. The maximum absolute atomic E-state index is 13.4. The standard InChI is InChI=1S/C27H32N4O3S/c1-18-23-25(29-21-10-6-3-7-15-31(21)26(23)33)35-24(18)27(34)30-16-13-20(14-17-30)28-22(32)12-11-19-8-4-2-5-9-19/h2,4-5,8-9,20H,3,6-7,10-17H2,1H3,(H,28,32). The van der Waals surface area contributed by atoms with Crippen molar-refractivity contribution in [1.82, 2.24) is 19.8 Å². The molecular formula is C27H32N4O3S. The summed E-state index contributed by atoms with van der Waals surface area (Å²) in [4.78, 5) is 46.9. The van der Waals surface area contributed by atoms with Gasteiger partial charge < -0.3 is 10.2 Å². The highest BCUT2D eigenvalue weighted by atomic mass is 32.1. The van der Waals surface area contributed by atoms with Gasteiger partial charge in [-0.25, -0.2) is 4.98 Å². The Morgan fingerprint density at radius 3 is 2.63 bits per heavy atom. The van der Waals surface area contributed by atoms with Crippen LogP contribution in [-0.2, 0) is 24.2 Å². The largest absolute Gasteiger partial charge is 0.353 e. The number of thiophene rings is 1. The van der Waals surface area contributed by atoms with E-state index < -0.39 is 0 Å². The van der Waals surface area contributed by atoms with Gasteiger partial charge in [0.05, 0.1) is 10.3 Å². The Bertz CT molecular complexity index is 1290. The monoisotopic (exact) mass is 492 g/mol. The van der Waals surface area contributed by atoms with E-state index in [0.29, 0.717) is 41.1 Å². The number of amides is 2. The van der Waals surface area contributed by atoms with Crippen molar-refractivity contribution in [3.63, 3.8) is 0 Å². The minimum Gasteiger partial charge on any atom is -0.353 e. The Morgan fingerprint density at radius 1 is 1.09 bits per heavy atom. The molecule has 1 fully saturated rings. The molecule has 5 rings (SSSR count). The lowest BCUT2D eigenvalue weighted by Crippen LogP contribution is -2.46. The van der Waals surface area contributed by atoms with E-state index in [1.807, 2.05) is 46.7 Å². The highest BCUT2D eigenvalue weighted by Crippen LogP contribution is 2.30. The molecule has 2 amide bonds. The molecule has 35 heavy (non-hydrogen) atoms. The third kappa shape index (κ3) is 5.03. The van der Waals surface area contributed by atoms with Gasteiger partial charge in [-0.05, 0) is 50.2 Å². The van der Waals surface area contributed by atoms with E-state index in [9.17, 15) is 14.4 Å². The number of rotatable bonds is 5. The maximum atomic E-state index is 13.4. The average molecular weight is 493 g/mol. The molecule has 0 atom stereocenters. The number of aryl methyl sites for hydroxylation is 3. The minimum atomic E-state index is -0.0288. The topological polar surface area (TPSA) is 84.3 Å². The molecule has 2 aliphatic rings. The fraction of sp³-hybridized carbons (Fsp3) is 0.481. The summed E-state index contributed by atoms with van der Waals surface area (Å²) in [7, 11) is 0. The van der Waals surface area contributed by atoms with E-state index in [0.717, 1.165) is 61.9 Å². The number of hydrogen-bond acceptors (Lipinski definition) is 5. The van der Waals surface area contributed by atoms with Crippen molar-refractivity contribution in [2.24, 2.45) is 0 Å². The van der Waals surface area contributed by atoms with Crippen LogP contribution in [0.1, 0.15) is 65.1 Å². The highest BCUT2D eigenvalue weighted by molar-refractivity contribution is 7.20. The molecule has 0 spiro atoms. The number of hydrogen-bond donors (Lipinski definition) is 1. The molecule has 0 bridgehead atoms. The van der Waals surface area contributed by atoms with Crippen LogP contribution < -0.4 is 10.9 Å². The molecule has 1 aromatic carbocycles. The summed E-state index contributed by atoms with van der Waals surface area (Å²) in [5.74, 6) is 0.883. The molecule has 2 aromatic heterocycles. The molecule has 2 aliphatic heterocycles. The van der Waals surface area contributed by atoms with Crippen LogP contribution in [0.4, 0.5) is 0 Å². The van der Waals surface area contributed by atoms with Crippen molar-refractivity contribution in [3.8, 4) is 0 Å². The van der Waals surface area contributed by atoms with Crippen molar-refractivity contribution in [3.05, 3.63) is 62.5 Å². The average Bonchev–Trinajstić information content (AvgIpc) is 3.03. The number of nitrogens with one attached hydrogen (secondary N) is 1. The van der Waals surface area contributed by atoms with Crippen LogP contribution in [0.5, 0.6) is 0 Å². The minimum absolute atomic E-state index is 0.00313. The zero-order chi connectivity index (χ0) is 24.4. The zero-order valence-electron chi connectivity index (χ0n) is 20.2. The first-order valence-electron chi connectivity index (χ1n) is 12.7. The summed E-state index contributed by atoms with van der Waals surface area (Å²) >= 11 is 1.35. The van der Waals surface area contributed by atoms with Gasteiger partial charge >= 0.3 is 0 Å². The lowest BCUT2D eigenvalue weighted by Gasteiger charge is -2.32. The van der Waals surface area contributed by atoms with E-state index in [4.69, 9.17) is 4.98 Å². The molecule has 1 N–H and O–H groups in total. The summed E-state index contributed by atoms with van der Waals surface area (Å²) in [6.07, 6.45) is 6.64. The first-order valence-corrected chi connectivity index (χ1v) is 13.5. The van der Waals surface area contributed by atoms with Gasteiger partial charge in [0, 0.05) is 38.5 Å². The van der Waals surface area contributed by atoms with Crippen LogP contribution in [0.2, 0.25) is 0 Å². The summed E-state index contributed by atoms with van der Waals surface area (Å²) in [6, 6.07) is 10.1. The van der Waals surface area contributed by atoms with Crippen LogP contribution >= 0.6 is 11.3 Å². The lowest BCUT2D eigenvalue weighted by atomic mass is 10.0. The molecular weight excluding hydrogens is 460 g/mol. The van der Waals surface area contributed by atoms with Crippen molar-refractivity contribution in [1.29, 1.82) is 0 Å². The Labute approximate surface area is 209 Å². The van der Waals surface area contributed by atoms with Crippen LogP contribution in [0, 0.1) is 6.92 Å². The van der Waals surface area contributed by atoms with Gasteiger partial charge in [-0.2, -0.15) is 0 Å². The Morgan fingerprint density at radius 2 is 1.86 bits per heavy atom. The van der Waals surface area contributed by atoms with E-state index >= 15 is 0 Å². The summed E-state index contributed by atoms with van der Waals surface area (Å²) in [5, 5.41) is 3.74. The third-order valence-electron chi connectivity index (χ3n) is 7.24. The Kier molecular flexibility index (Phi) is 7.00. The molecule has 0 radical (unpaired) electrons. The van der Waals surface area contributed by atoms with Crippen LogP contribution in [0.3, 0.4) is 0 Å². The molecule has 7 nitrogen and oxygen atoms in total. The molecule has 4 heterocycles. The summed E-state index contributed by atoms with van der Waals surface area (Å²) < 4.78 is 1.81. The highest BCUT2D eigenvalue weighted by Gasteiger charge is 2.28. The fourth-order valence-corrected chi connectivity index (χ4v) is 6.35. The molecule has 184 valence electrons. The first kappa shape index (κ1) is 23.7. The van der Waals surface area contributed by atoms with Gasteiger partial charge in [-0.3, -0.25) is 19.0 Å². The Hall–Kier alpha value is -3.00. The van der Waals surface area contributed by atoms with E-state index in [-0.39, 0.29) is 23.4 Å². The normalized spacial score (nSPS) is 16.7. The number of benzene rings is 1. The predicted molar refractivity (Wildman–Crippen MR) is 138 cm³/mol. The van der Waals surface area contributed by atoms with Crippen LogP contribution in [0.15, 0.2) is 35.1 Å². The van der Waals surface area contributed by atoms with Crippen LogP contribution in [-0.4, -0.2) is 45.4 Å².